The summed E-state index contributed by atoms with van der Waals surface area (Å²) in [5, 5.41) is 10.8. The van der Waals surface area contributed by atoms with Gasteiger partial charge in [0.2, 0.25) is 11.1 Å². The third-order valence-corrected chi connectivity index (χ3v) is 5.38. The molecule has 3 aromatic rings. The number of amides is 1. The van der Waals surface area contributed by atoms with E-state index in [1.54, 1.807) is 50.4 Å². The Labute approximate surface area is 182 Å². The lowest BCUT2D eigenvalue weighted by atomic mass is 10.2. The van der Waals surface area contributed by atoms with Crippen molar-refractivity contribution in [3.8, 4) is 22.9 Å². The van der Waals surface area contributed by atoms with Crippen LogP contribution in [0.3, 0.4) is 0 Å². The molecule has 1 heterocycles. The van der Waals surface area contributed by atoms with E-state index in [0.717, 1.165) is 0 Å². The Morgan fingerprint density at radius 3 is 2.45 bits per heavy atom. The number of aromatic amines is 1. The zero-order valence-corrected chi connectivity index (χ0v) is 18.2. The van der Waals surface area contributed by atoms with Crippen LogP contribution >= 0.6 is 35.0 Å². The van der Waals surface area contributed by atoms with E-state index in [9.17, 15) is 4.79 Å². The van der Waals surface area contributed by atoms with Crippen molar-refractivity contribution in [2.24, 2.45) is 0 Å². The topological polar surface area (TPSA) is 89.1 Å². The number of rotatable bonds is 7. The minimum Gasteiger partial charge on any atom is -0.496 e. The fraction of sp³-hybridized carbons (Fsp3) is 0.211. The molecule has 29 heavy (non-hydrogen) atoms. The molecule has 10 heteroatoms. The van der Waals surface area contributed by atoms with Gasteiger partial charge in [0.05, 0.1) is 30.7 Å². The number of thioether (sulfide) groups is 1. The third-order valence-electron chi connectivity index (χ3n) is 3.95. The maximum absolute atomic E-state index is 12.6. The number of ether oxygens (including phenoxy) is 2. The first kappa shape index (κ1) is 21.3. The minimum atomic E-state index is -0.469. The van der Waals surface area contributed by atoms with Gasteiger partial charge in [0.25, 0.3) is 0 Å². The van der Waals surface area contributed by atoms with E-state index in [4.69, 9.17) is 32.7 Å². The molecule has 0 saturated carbocycles. The molecule has 0 spiro atoms. The van der Waals surface area contributed by atoms with Crippen LogP contribution in [0.1, 0.15) is 6.92 Å². The number of nitrogens with one attached hydrogen (secondary N) is 2. The van der Waals surface area contributed by atoms with Gasteiger partial charge < -0.3 is 14.8 Å². The quantitative estimate of drug-likeness (QED) is 0.494. The molecule has 0 aliphatic heterocycles. The summed E-state index contributed by atoms with van der Waals surface area (Å²) in [6, 6.07) is 10.2. The van der Waals surface area contributed by atoms with Crippen molar-refractivity contribution in [3.63, 3.8) is 0 Å². The lowest BCUT2D eigenvalue weighted by Crippen LogP contribution is -2.22. The second-order valence-corrected chi connectivity index (χ2v) is 8.09. The number of methoxy groups -OCH3 is 2. The molecule has 0 bridgehead atoms. The number of carbonyl (C=O) groups excluding carboxylic acids is 1. The highest BCUT2D eigenvalue weighted by molar-refractivity contribution is 8.00. The van der Waals surface area contributed by atoms with E-state index in [1.807, 2.05) is 0 Å². The van der Waals surface area contributed by atoms with Crippen molar-refractivity contribution in [2.45, 2.75) is 17.3 Å². The summed E-state index contributed by atoms with van der Waals surface area (Å²) in [5.74, 6) is 1.40. The number of carbonyl (C=O) groups is 1. The summed E-state index contributed by atoms with van der Waals surface area (Å²) >= 11 is 13.3. The van der Waals surface area contributed by atoms with Gasteiger partial charge in [-0.3, -0.25) is 9.89 Å². The van der Waals surface area contributed by atoms with E-state index in [2.05, 4.69) is 20.5 Å². The standard InChI is InChI=1S/C19H18Cl2N4O3S/c1-10(18(26)22-14-9-12(21)5-7-16(14)28-3)29-19-23-17(24-25-19)13-8-11(20)4-6-15(13)27-2/h4-10H,1-3H3,(H,22,26)(H,23,24,25)/t10-/m1/s1. The van der Waals surface area contributed by atoms with Crippen LogP contribution in [-0.2, 0) is 4.79 Å². The first-order valence-electron chi connectivity index (χ1n) is 8.48. The Morgan fingerprint density at radius 1 is 1.10 bits per heavy atom. The molecule has 0 radical (unpaired) electrons. The Morgan fingerprint density at radius 2 is 1.76 bits per heavy atom. The maximum Gasteiger partial charge on any atom is 0.237 e. The van der Waals surface area contributed by atoms with Gasteiger partial charge in [-0.05, 0) is 43.3 Å². The summed E-state index contributed by atoms with van der Waals surface area (Å²) in [5.41, 5.74) is 1.18. The molecule has 1 amide bonds. The van der Waals surface area contributed by atoms with E-state index in [1.165, 1.54) is 18.9 Å². The van der Waals surface area contributed by atoms with Crippen LogP contribution in [0.5, 0.6) is 11.5 Å². The first-order valence-corrected chi connectivity index (χ1v) is 10.1. The molecule has 0 unspecified atom stereocenters. The summed E-state index contributed by atoms with van der Waals surface area (Å²) in [4.78, 5) is 17.0. The van der Waals surface area contributed by atoms with Gasteiger partial charge in [0, 0.05) is 10.0 Å². The van der Waals surface area contributed by atoms with E-state index in [0.29, 0.717) is 43.8 Å². The summed E-state index contributed by atoms with van der Waals surface area (Å²) in [6.45, 7) is 1.76. The van der Waals surface area contributed by atoms with Crippen LogP contribution in [0, 0.1) is 0 Å². The van der Waals surface area contributed by atoms with E-state index < -0.39 is 5.25 Å². The monoisotopic (exact) mass is 452 g/mol. The van der Waals surface area contributed by atoms with Crippen LogP contribution in [0.25, 0.3) is 11.4 Å². The summed E-state index contributed by atoms with van der Waals surface area (Å²) in [6.07, 6.45) is 0. The van der Waals surface area contributed by atoms with Gasteiger partial charge in [-0.2, -0.15) is 0 Å². The predicted octanol–water partition coefficient (Wildman–Crippen LogP) is 4.92. The summed E-state index contributed by atoms with van der Waals surface area (Å²) < 4.78 is 10.6. The van der Waals surface area contributed by atoms with Crippen molar-refractivity contribution in [1.82, 2.24) is 15.2 Å². The highest BCUT2D eigenvalue weighted by Gasteiger charge is 2.20. The van der Waals surface area contributed by atoms with Gasteiger partial charge in [-0.1, -0.05) is 35.0 Å². The zero-order chi connectivity index (χ0) is 21.0. The van der Waals surface area contributed by atoms with Gasteiger partial charge in [0.15, 0.2) is 5.82 Å². The van der Waals surface area contributed by atoms with Crippen LogP contribution in [0.2, 0.25) is 10.0 Å². The number of anilines is 1. The molecule has 0 saturated heterocycles. The highest BCUT2D eigenvalue weighted by atomic mass is 35.5. The van der Waals surface area contributed by atoms with Crippen molar-refractivity contribution < 1.29 is 14.3 Å². The molecule has 0 aliphatic rings. The number of aromatic nitrogens is 3. The van der Waals surface area contributed by atoms with Crippen LogP contribution in [-0.4, -0.2) is 40.6 Å². The molecule has 152 valence electrons. The fourth-order valence-electron chi connectivity index (χ4n) is 2.51. The lowest BCUT2D eigenvalue weighted by Gasteiger charge is -2.13. The van der Waals surface area contributed by atoms with Crippen LogP contribution in [0.15, 0.2) is 41.6 Å². The SMILES string of the molecule is COc1ccc(Cl)cc1NC(=O)[C@@H](C)Sc1n[nH]c(-c2cc(Cl)ccc2OC)n1. The van der Waals surface area contributed by atoms with E-state index in [-0.39, 0.29) is 5.91 Å². The van der Waals surface area contributed by atoms with Gasteiger partial charge >= 0.3 is 0 Å². The number of halogens is 2. The Balaban J connectivity index is 1.72. The molecule has 2 aromatic carbocycles. The average Bonchev–Trinajstić information content (AvgIpc) is 3.16. The molecule has 2 N–H and O–H groups in total. The molecule has 0 aliphatic carbocycles. The Bertz CT molecular complexity index is 1030. The van der Waals surface area contributed by atoms with Crippen molar-refractivity contribution >= 4 is 46.6 Å². The van der Waals surface area contributed by atoms with Crippen molar-refractivity contribution in [3.05, 3.63) is 46.4 Å². The molecule has 3 rings (SSSR count). The second kappa shape index (κ2) is 9.39. The predicted molar refractivity (Wildman–Crippen MR) is 115 cm³/mol. The Hall–Kier alpha value is -2.42. The van der Waals surface area contributed by atoms with Crippen molar-refractivity contribution in [2.75, 3.05) is 19.5 Å². The fourth-order valence-corrected chi connectivity index (χ4v) is 3.58. The van der Waals surface area contributed by atoms with Gasteiger partial charge in [-0.25, -0.2) is 4.98 Å². The number of nitrogens with zero attached hydrogens (tertiary/aromatic N) is 2. The number of hydrogen-bond donors (Lipinski definition) is 2. The van der Waals surface area contributed by atoms with Crippen LogP contribution < -0.4 is 14.8 Å². The number of H-pyrrole nitrogens is 1. The average molecular weight is 453 g/mol. The smallest absolute Gasteiger partial charge is 0.237 e. The normalized spacial score (nSPS) is 11.8. The maximum atomic E-state index is 12.6. The number of benzene rings is 2. The second-order valence-electron chi connectivity index (χ2n) is 5.91. The molecule has 1 atom stereocenters. The summed E-state index contributed by atoms with van der Waals surface area (Å²) in [7, 11) is 3.09. The molecular formula is C19H18Cl2N4O3S. The third kappa shape index (κ3) is 5.14. The largest absolute Gasteiger partial charge is 0.496 e. The Kier molecular flexibility index (Phi) is 6.89. The lowest BCUT2D eigenvalue weighted by molar-refractivity contribution is -0.115. The van der Waals surface area contributed by atoms with Gasteiger partial charge in [0.1, 0.15) is 11.5 Å². The minimum absolute atomic E-state index is 0.234. The van der Waals surface area contributed by atoms with E-state index >= 15 is 0 Å². The first-order chi connectivity index (χ1) is 13.9. The van der Waals surface area contributed by atoms with Crippen molar-refractivity contribution in [1.29, 1.82) is 0 Å². The molecule has 7 nitrogen and oxygen atoms in total. The molecule has 0 fully saturated rings. The highest BCUT2D eigenvalue weighted by Crippen LogP contribution is 2.32. The van der Waals surface area contributed by atoms with Crippen LogP contribution in [0.4, 0.5) is 5.69 Å². The van der Waals surface area contributed by atoms with Gasteiger partial charge in [-0.15, -0.1) is 5.10 Å². The zero-order valence-electron chi connectivity index (χ0n) is 15.8. The number of hydrogen-bond acceptors (Lipinski definition) is 6. The molecule has 1 aromatic heterocycles. The molecular weight excluding hydrogens is 435 g/mol.